The molecule has 1 aliphatic rings. The van der Waals surface area contributed by atoms with Gasteiger partial charge in [-0.1, -0.05) is 0 Å². The number of ether oxygens (including phenoxy) is 2. The Morgan fingerprint density at radius 2 is 2.17 bits per heavy atom. The van der Waals surface area contributed by atoms with E-state index in [-0.39, 0.29) is 0 Å². The maximum atomic E-state index is 9.81. The highest BCUT2D eigenvalue weighted by Crippen LogP contribution is 2.19. The van der Waals surface area contributed by atoms with Crippen LogP contribution in [-0.2, 0) is 14.3 Å². The van der Waals surface area contributed by atoms with E-state index in [1.807, 2.05) is 0 Å². The molecule has 1 heterocycles. The van der Waals surface area contributed by atoms with E-state index in [1.54, 1.807) is 0 Å². The molecule has 3 heteroatoms. The van der Waals surface area contributed by atoms with Crippen LogP contribution in [0.1, 0.15) is 25.7 Å². The summed E-state index contributed by atoms with van der Waals surface area (Å²) < 4.78 is 9.85. The van der Waals surface area contributed by atoms with Crippen molar-refractivity contribution in [1.82, 2.24) is 0 Å². The van der Waals surface area contributed by atoms with Crippen LogP contribution in [0.5, 0.6) is 0 Å². The van der Waals surface area contributed by atoms with Crippen LogP contribution in [-0.4, -0.2) is 26.3 Å². The number of carbonyl (C=O) groups is 1. The van der Waals surface area contributed by atoms with E-state index in [0.717, 1.165) is 32.0 Å². The van der Waals surface area contributed by atoms with Crippen LogP contribution >= 0.6 is 0 Å². The third-order valence-electron chi connectivity index (χ3n) is 2.28. The molecule has 70 valence electrons. The summed E-state index contributed by atoms with van der Waals surface area (Å²) in [5, 5.41) is 0. The van der Waals surface area contributed by atoms with Gasteiger partial charge in [-0.2, -0.15) is 0 Å². The first kappa shape index (κ1) is 9.52. The molecule has 0 radical (unpaired) electrons. The van der Waals surface area contributed by atoms with Crippen molar-refractivity contribution >= 4 is 6.47 Å². The number of rotatable bonds is 5. The molecule has 0 unspecified atom stereocenters. The molecule has 12 heavy (non-hydrogen) atoms. The SMILES string of the molecule is O=COCCCC1CCOCC1. The highest BCUT2D eigenvalue weighted by atomic mass is 16.5. The molecule has 1 saturated heterocycles. The molecule has 0 N–H and O–H groups in total. The predicted octanol–water partition coefficient (Wildman–Crippen LogP) is 1.37. The topological polar surface area (TPSA) is 35.5 Å². The molecule has 1 rings (SSSR count). The Balaban J connectivity index is 1.94. The molecule has 1 fully saturated rings. The first-order valence-corrected chi connectivity index (χ1v) is 4.56. The Labute approximate surface area is 73.0 Å². The zero-order valence-electron chi connectivity index (χ0n) is 7.33. The van der Waals surface area contributed by atoms with Crippen molar-refractivity contribution in [3.05, 3.63) is 0 Å². The molecule has 0 saturated carbocycles. The van der Waals surface area contributed by atoms with E-state index in [9.17, 15) is 4.79 Å². The standard InChI is InChI=1S/C9H16O3/c10-8-12-5-1-2-9-3-6-11-7-4-9/h8-9H,1-7H2. The number of carbonyl (C=O) groups excluding carboxylic acids is 1. The van der Waals surface area contributed by atoms with Gasteiger partial charge in [0, 0.05) is 13.2 Å². The average molecular weight is 172 g/mol. The van der Waals surface area contributed by atoms with Gasteiger partial charge < -0.3 is 9.47 Å². The minimum absolute atomic E-state index is 0.518. The summed E-state index contributed by atoms with van der Waals surface area (Å²) in [6, 6.07) is 0. The van der Waals surface area contributed by atoms with Gasteiger partial charge in [0.2, 0.25) is 0 Å². The van der Waals surface area contributed by atoms with Gasteiger partial charge in [0.1, 0.15) is 0 Å². The smallest absolute Gasteiger partial charge is 0.293 e. The van der Waals surface area contributed by atoms with Gasteiger partial charge in [-0.25, -0.2) is 0 Å². The van der Waals surface area contributed by atoms with Crippen LogP contribution in [0, 0.1) is 5.92 Å². The predicted molar refractivity (Wildman–Crippen MR) is 44.8 cm³/mol. The first-order valence-electron chi connectivity index (χ1n) is 4.56. The quantitative estimate of drug-likeness (QED) is 0.464. The lowest BCUT2D eigenvalue weighted by Crippen LogP contribution is -2.15. The Bertz CT molecular complexity index is 119. The summed E-state index contributed by atoms with van der Waals surface area (Å²) in [6.45, 7) is 2.89. The summed E-state index contributed by atoms with van der Waals surface area (Å²) in [5.74, 6) is 0.786. The lowest BCUT2D eigenvalue weighted by molar-refractivity contribution is -0.128. The summed E-state index contributed by atoms with van der Waals surface area (Å²) in [5.41, 5.74) is 0. The van der Waals surface area contributed by atoms with Gasteiger partial charge in [-0.15, -0.1) is 0 Å². The van der Waals surface area contributed by atoms with Crippen molar-refractivity contribution < 1.29 is 14.3 Å². The Kier molecular flexibility index (Phi) is 4.76. The fourth-order valence-corrected chi connectivity index (χ4v) is 1.54. The molecule has 0 aromatic carbocycles. The molecule has 0 bridgehead atoms. The van der Waals surface area contributed by atoms with Gasteiger partial charge >= 0.3 is 0 Å². The second-order valence-electron chi connectivity index (χ2n) is 3.16. The fourth-order valence-electron chi connectivity index (χ4n) is 1.54. The normalized spacial score (nSPS) is 19.0. The van der Waals surface area contributed by atoms with E-state index < -0.39 is 0 Å². The molecular weight excluding hydrogens is 156 g/mol. The molecule has 0 amide bonds. The van der Waals surface area contributed by atoms with Gasteiger partial charge in [-0.05, 0) is 31.6 Å². The zero-order chi connectivity index (χ0) is 8.65. The summed E-state index contributed by atoms with van der Waals surface area (Å²) in [6.07, 6.45) is 4.49. The molecule has 0 aromatic rings. The van der Waals surface area contributed by atoms with Gasteiger partial charge in [0.15, 0.2) is 0 Å². The largest absolute Gasteiger partial charge is 0.468 e. The van der Waals surface area contributed by atoms with E-state index >= 15 is 0 Å². The van der Waals surface area contributed by atoms with Crippen molar-refractivity contribution in [3.8, 4) is 0 Å². The van der Waals surface area contributed by atoms with Gasteiger partial charge in [0.25, 0.3) is 6.47 Å². The second-order valence-corrected chi connectivity index (χ2v) is 3.16. The minimum Gasteiger partial charge on any atom is -0.468 e. The monoisotopic (exact) mass is 172 g/mol. The first-order chi connectivity index (χ1) is 5.93. The summed E-state index contributed by atoms with van der Waals surface area (Å²) in [7, 11) is 0. The van der Waals surface area contributed by atoms with Crippen LogP contribution in [0.25, 0.3) is 0 Å². The third-order valence-corrected chi connectivity index (χ3v) is 2.28. The van der Waals surface area contributed by atoms with Gasteiger partial charge in [0.05, 0.1) is 6.61 Å². The minimum atomic E-state index is 0.518. The van der Waals surface area contributed by atoms with Crippen LogP contribution in [0.3, 0.4) is 0 Å². The highest BCUT2D eigenvalue weighted by Gasteiger charge is 2.12. The number of hydrogen-bond acceptors (Lipinski definition) is 3. The molecule has 0 atom stereocenters. The van der Waals surface area contributed by atoms with Crippen molar-refractivity contribution in [3.63, 3.8) is 0 Å². The van der Waals surface area contributed by atoms with Crippen LogP contribution in [0.2, 0.25) is 0 Å². The third kappa shape index (κ3) is 3.72. The maximum Gasteiger partial charge on any atom is 0.293 e. The molecule has 0 aromatic heterocycles. The lowest BCUT2D eigenvalue weighted by atomic mass is 9.95. The molecule has 0 spiro atoms. The van der Waals surface area contributed by atoms with Crippen LogP contribution < -0.4 is 0 Å². The van der Waals surface area contributed by atoms with Crippen molar-refractivity contribution in [2.24, 2.45) is 5.92 Å². The Morgan fingerprint density at radius 3 is 2.83 bits per heavy atom. The zero-order valence-corrected chi connectivity index (χ0v) is 7.33. The van der Waals surface area contributed by atoms with E-state index in [2.05, 4.69) is 4.74 Å². The molecule has 0 aliphatic carbocycles. The van der Waals surface area contributed by atoms with Crippen LogP contribution in [0.15, 0.2) is 0 Å². The van der Waals surface area contributed by atoms with E-state index in [1.165, 1.54) is 12.8 Å². The highest BCUT2D eigenvalue weighted by molar-refractivity contribution is 5.36. The van der Waals surface area contributed by atoms with E-state index in [4.69, 9.17) is 4.74 Å². The van der Waals surface area contributed by atoms with Crippen LogP contribution in [0.4, 0.5) is 0 Å². The summed E-state index contributed by atoms with van der Waals surface area (Å²) >= 11 is 0. The van der Waals surface area contributed by atoms with Crippen molar-refractivity contribution in [2.75, 3.05) is 19.8 Å². The molecule has 1 aliphatic heterocycles. The summed E-state index contributed by atoms with van der Waals surface area (Å²) in [4.78, 5) is 9.81. The maximum absolute atomic E-state index is 9.81. The Morgan fingerprint density at radius 1 is 1.42 bits per heavy atom. The van der Waals surface area contributed by atoms with E-state index in [0.29, 0.717) is 13.1 Å². The number of hydrogen-bond donors (Lipinski definition) is 0. The van der Waals surface area contributed by atoms with Gasteiger partial charge in [-0.3, -0.25) is 4.79 Å². The fraction of sp³-hybridized carbons (Fsp3) is 0.889. The average Bonchev–Trinajstić information content (AvgIpc) is 2.14. The molecule has 3 nitrogen and oxygen atoms in total. The van der Waals surface area contributed by atoms with Crippen molar-refractivity contribution in [2.45, 2.75) is 25.7 Å². The molecular formula is C9H16O3. The van der Waals surface area contributed by atoms with Crippen molar-refractivity contribution in [1.29, 1.82) is 0 Å². The second kappa shape index (κ2) is 6.00. The Hall–Kier alpha value is -0.570. The lowest BCUT2D eigenvalue weighted by Gasteiger charge is -2.21.